The molecule has 0 fully saturated rings. The van der Waals surface area contributed by atoms with Gasteiger partial charge in [0.1, 0.15) is 11.6 Å². The molecular weight excluding hydrogens is 232 g/mol. The van der Waals surface area contributed by atoms with Gasteiger partial charge in [0, 0.05) is 6.92 Å². The summed E-state index contributed by atoms with van der Waals surface area (Å²) in [4.78, 5) is 4.17. The molecule has 1 heterocycles. The summed E-state index contributed by atoms with van der Waals surface area (Å²) in [7, 11) is 0. The second kappa shape index (κ2) is 4.55. The summed E-state index contributed by atoms with van der Waals surface area (Å²) in [5.74, 6) is 0.190. The molecule has 7 nitrogen and oxygen atoms in total. The molecule has 0 aliphatic heterocycles. The van der Waals surface area contributed by atoms with Crippen molar-refractivity contribution in [2.75, 3.05) is 5.43 Å². The highest BCUT2D eigenvalue weighted by molar-refractivity contribution is 6.45. The number of rotatable bonds is 3. The van der Waals surface area contributed by atoms with Gasteiger partial charge in [-0.25, -0.2) is 4.98 Å². The maximum atomic E-state index is 8.68. The molecule has 0 unspecified atom stereocenters. The number of hydrogen-bond donors (Lipinski definition) is 3. The largest absolute Gasteiger partial charge is 0.441 e. The summed E-state index contributed by atoms with van der Waals surface area (Å²) in [6.45, 7) is 1.76. The van der Waals surface area contributed by atoms with E-state index in [4.69, 9.17) is 20.8 Å². The summed E-state index contributed by atoms with van der Waals surface area (Å²) >= 11 is 0. The average Bonchev–Trinajstić information content (AvgIpc) is 2.68. The van der Waals surface area contributed by atoms with Gasteiger partial charge in [-0.05, 0) is 18.2 Å². The van der Waals surface area contributed by atoms with Gasteiger partial charge >= 0.3 is 0 Å². The van der Waals surface area contributed by atoms with E-state index in [2.05, 4.69) is 15.5 Å². The highest BCUT2D eigenvalue weighted by Gasteiger charge is 2.04. The van der Waals surface area contributed by atoms with E-state index in [1.54, 1.807) is 31.2 Å². The first-order valence-electron chi connectivity index (χ1n) is 5.05. The molecule has 0 radical (unpaired) electrons. The number of nitrogens with one attached hydrogen (secondary N) is 2. The number of benzene rings is 1. The number of nitrogens with zero attached hydrogens (tertiary/aromatic N) is 3. The molecule has 2 aromatic rings. The summed E-state index contributed by atoms with van der Waals surface area (Å²) in [5.41, 5.74) is 9.63. The Balaban J connectivity index is 2.27. The molecule has 0 bridgehead atoms. The molecule has 0 spiro atoms. The molecule has 0 saturated carbocycles. The molecule has 1 aromatic heterocycles. The lowest BCUT2D eigenvalue weighted by Crippen LogP contribution is -2.21. The average molecular weight is 242 g/mol. The molecule has 0 aliphatic rings. The lowest BCUT2D eigenvalue weighted by Gasteiger charge is -2.00. The molecule has 18 heavy (non-hydrogen) atoms. The van der Waals surface area contributed by atoms with Crippen LogP contribution in [0.3, 0.4) is 0 Å². The Morgan fingerprint density at radius 2 is 2.39 bits per heavy atom. The quantitative estimate of drug-likeness (QED) is 0.426. The summed E-state index contributed by atoms with van der Waals surface area (Å²) in [6.07, 6.45) is 0. The standard InChI is InChI=1S/C11H10N6O/c1-6-15-8-4-7(2-3-10(8)18-6)16-17-9(5-12)11(13)14/h2-4,16H,1H3,(H3,13,14)/b17-9+. The highest BCUT2D eigenvalue weighted by Crippen LogP contribution is 2.19. The van der Waals surface area contributed by atoms with Gasteiger partial charge in [-0.15, -0.1) is 0 Å². The number of hydrogen-bond acceptors (Lipinski definition) is 6. The Morgan fingerprint density at radius 3 is 3.06 bits per heavy atom. The third kappa shape index (κ3) is 2.27. The molecular formula is C11H10N6O. The van der Waals surface area contributed by atoms with Gasteiger partial charge in [-0.2, -0.15) is 10.4 Å². The van der Waals surface area contributed by atoms with E-state index >= 15 is 0 Å². The second-order valence-electron chi connectivity index (χ2n) is 3.51. The summed E-state index contributed by atoms with van der Waals surface area (Å²) in [6, 6.07) is 6.91. The molecule has 2 rings (SSSR count). The molecule has 0 amide bonds. The predicted octanol–water partition coefficient (Wildman–Crippen LogP) is 1.36. The van der Waals surface area contributed by atoms with E-state index in [9.17, 15) is 0 Å². The number of oxazole rings is 1. The first-order valence-corrected chi connectivity index (χ1v) is 5.05. The van der Waals surface area contributed by atoms with E-state index in [-0.39, 0.29) is 11.5 Å². The number of aromatic nitrogens is 1. The maximum Gasteiger partial charge on any atom is 0.201 e. The molecule has 7 heteroatoms. The van der Waals surface area contributed by atoms with Gasteiger partial charge in [-0.3, -0.25) is 10.8 Å². The first-order chi connectivity index (χ1) is 8.60. The van der Waals surface area contributed by atoms with E-state index in [1.807, 2.05) is 0 Å². The van der Waals surface area contributed by atoms with Gasteiger partial charge in [0.2, 0.25) is 5.71 Å². The molecule has 1 aromatic carbocycles. The van der Waals surface area contributed by atoms with Crippen LogP contribution in [0, 0.1) is 23.7 Å². The molecule has 4 N–H and O–H groups in total. The van der Waals surface area contributed by atoms with Crippen molar-refractivity contribution in [3.05, 3.63) is 24.1 Å². The zero-order valence-corrected chi connectivity index (χ0v) is 9.56. The number of hydrazone groups is 1. The van der Waals surface area contributed by atoms with E-state index in [0.29, 0.717) is 22.7 Å². The van der Waals surface area contributed by atoms with Crippen LogP contribution in [0.1, 0.15) is 5.89 Å². The number of amidine groups is 1. The minimum Gasteiger partial charge on any atom is -0.441 e. The minimum atomic E-state index is -0.386. The van der Waals surface area contributed by atoms with E-state index in [0.717, 1.165) is 0 Å². The van der Waals surface area contributed by atoms with Crippen LogP contribution in [0.2, 0.25) is 0 Å². The zero-order chi connectivity index (χ0) is 13.1. The Hall–Kier alpha value is -2.88. The van der Waals surface area contributed by atoms with Crippen LogP contribution in [-0.2, 0) is 0 Å². The number of aryl methyl sites for hydroxylation is 1. The van der Waals surface area contributed by atoms with Crippen molar-refractivity contribution in [2.45, 2.75) is 6.92 Å². The maximum absolute atomic E-state index is 8.68. The van der Waals surface area contributed by atoms with Crippen LogP contribution >= 0.6 is 0 Å². The van der Waals surface area contributed by atoms with Crippen molar-refractivity contribution in [3.8, 4) is 6.07 Å². The van der Waals surface area contributed by atoms with Gasteiger partial charge < -0.3 is 10.2 Å². The number of anilines is 1. The van der Waals surface area contributed by atoms with Crippen molar-refractivity contribution in [2.24, 2.45) is 10.8 Å². The van der Waals surface area contributed by atoms with E-state index < -0.39 is 0 Å². The smallest absolute Gasteiger partial charge is 0.201 e. The van der Waals surface area contributed by atoms with Crippen LogP contribution in [0.4, 0.5) is 5.69 Å². The Morgan fingerprint density at radius 1 is 1.61 bits per heavy atom. The van der Waals surface area contributed by atoms with Gasteiger partial charge in [0.25, 0.3) is 0 Å². The first kappa shape index (κ1) is 11.6. The second-order valence-corrected chi connectivity index (χ2v) is 3.51. The van der Waals surface area contributed by atoms with Crippen molar-refractivity contribution in [1.29, 1.82) is 10.7 Å². The molecule has 0 saturated heterocycles. The van der Waals surface area contributed by atoms with Gasteiger partial charge in [-0.1, -0.05) is 0 Å². The SMILES string of the molecule is Cc1nc2cc(N/N=C(\C#N)C(=N)N)ccc2o1. The Labute approximate surface area is 102 Å². The fraction of sp³-hybridized carbons (Fsp3) is 0.0909. The van der Waals surface area contributed by atoms with Crippen LogP contribution in [0.15, 0.2) is 27.7 Å². The van der Waals surface area contributed by atoms with E-state index in [1.165, 1.54) is 0 Å². The third-order valence-corrected chi connectivity index (χ3v) is 2.15. The topological polar surface area (TPSA) is 124 Å². The lowest BCUT2D eigenvalue weighted by atomic mass is 10.3. The van der Waals surface area contributed by atoms with Crippen LogP contribution < -0.4 is 11.2 Å². The minimum absolute atomic E-state index is 0.175. The van der Waals surface area contributed by atoms with Crippen molar-refractivity contribution in [3.63, 3.8) is 0 Å². The number of fused-ring (bicyclic) bond motifs is 1. The molecule has 90 valence electrons. The number of nitrogens with two attached hydrogens (primary N) is 1. The zero-order valence-electron chi connectivity index (χ0n) is 9.56. The number of nitriles is 1. The van der Waals surface area contributed by atoms with Gasteiger partial charge in [0.05, 0.1) is 5.69 Å². The van der Waals surface area contributed by atoms with Crippen LogP contribution in [-0.4, -0.2) is 16.5 Å². The van der Waals surface area contributed by atoms with Crippen LogP contribution in [0.5, 0.6) is 0 Å². The van der Waals surface area contributed by atoms with Crippen molar-refractivity contribution >= 4 is 28.3 Å². The monoisotopic (exact) mass is 242 g/mol. The third-order valence-electron chi connectivity index (χ3n) is 2.15. The summed E-state index contributed by atoms with van der Waals surface area (Å²) in [5, 5.41) is 19.5. The van der Waals surface area contributed by atoms with Crippen molar-refractivity contribution < 1.29 is 4.42 Å². The highest BCUT2D eigenvalue weighted by atomic mass is 16.3. The Bertz CT molecular complexity index is 678. The van der Waals surface area contributed by atoms with Crippen LogP contribution in [0.25, 0.3) is 11.1 Å². The lowest BCUT2D eigenvalue weighted by molar-refractivity contribution is 0.561. The van der Waals surface area contributed by atoms with Crippen molar-refractivity contribution in [1.82, 2.24) is 4.98 Å². The predicted molar refractivity (Wildman–Crippen MR) is 67.3 cm³/mol. The van der Waals surface area contributed by atoms with Gasteiger partial charge in [0.15, 0.2) is 17.3 Å². The Kier molecular flexibility index (Phi) is 2.93. The fourth-order valence-corrected chi connectivity index (χ4v) is 1.38. The molecule has 0 atom stereocenters. The molecule has 0 aliphatic carbocycles. The fourth-order valence-electron chi connectivity index (χ4n) is 1.38. The normalized spacial score (nSPS) is 11.2. The summed E-state index contributed by atoms with van der Waals surface area (Å²) < 4.78 is 5.33.